The van der Waals surface area contributed by atoms with Crippen LogP contribution in [-0.4, -0.2) is 4.57 Å². The van der Waals surface area contributed by atoms with Crippen LogP contribution in [-0.2, 0) is 19.4 Å². The molecule has 1 aliphatic carbocycles. The van der Waals surface area contributed by atoms with Gasteiger partial charge in [-0.15, -0.1) is 0 Å². The zero-order valence-electron chi connectivity index (χ0n) is 12.3. The van der Waals surface area contributed by atoms with Gasteiger partial charge >= 0.3 is 0 Å². The van der Waals surface area contributed by atoms with E-state index in [1.54, 1.807) is 4.57 Å². The molecule has 0 amide bonds. The van der Waals surface area contributed by atoms with E-state index in [1.165, 1.54) is 5.69 Å². The summed E-state index contributed by atoms with van der Waals surface area (Å²) in [5, 5.41) is 0.624. The van der Waals surface area contributed by atoms with Gasteiger partial charge in [0.15, 0.2) is 5.69 Å². The summed E-state index contributed by atoms with van der Waals surface area (Å²) in [6.07, 6.45) is 4.92. The summed E-state index contributed by atoms with van der Waals surface area (Å²) < 4.78 is 1.73. The molecular weight excluding hydrogens is 274 g/mol. The lowest BCUT2D eigenvalue weighted by molar-refractivity contribution is -0.356. The van der Waals surface area contributed by atoms with E-state index in [-0.39, 0.29) is 5.56 Å². The number of nitrogen functional groups attached to an aromatic ring is 1. The van der Waals surface area contributed by atoms with Crippen molar-refractivity contribution in [2.45, 2.75) is 25.8 Å². The third-order valence-electron chi connectivity index (χ3n) is 4.46. The highest BCUT2D eigenvalue weighted by atomic mass is 16.1. The van der Waals surface area contributed by atoms with Gasteiger partial charge in [-0.3, -0.25) is 4.79 Å². The minimum Gasteiger partial charge on any atom is -0.397 e. The van der Waals surface area contributed by atoms with Crippen molar-refractivity contribution in [2.75, 3.05) is 5.73 Å². The first-order valence-corrected chi connectivity index (χ1v) is 7.63. The molecule has 2 heterocycles. The second-order valence-electron chi connectivity index (χ2n) is 5.87. The Hall–Kier alpha value is -2.62. The van der Waals surface area contributed by atoms with E-state index in [4.69, 9.17) is 5.73 Å². The van der Waals surface area contributed by atoms with Crippen LogP contribution in [0.25, 0.3) is 10.9 Å². The van der Waals surface area contributed by atoms with E-state index in [9.17, 15) is 4.79 Å². The zero-order valence-corrected chi connectivity index (χ0v) is 12.3. The lowest BCUT2D eigenvalue weighted by Crippen LogP contribution is -2.25. The van der Waals surface area contributed by atoms with Crippen LogP contribution in [0.4, 0.5) is 5.69 Å². The molecule has 0 fully saturated rings. The van der Waals surface area contributed by atoms with Crippen LogP contribution in [0.15, 0.2) is 47.4 Å². The molecule has 0 spiro atoms. The van der Waals surface area contributed by atoms with Gasteiger partial charge in [0.05, 0.1) is 12.2 Å². The fourth-order valence-electron chi connectivity index (χ4n) is 3.34. The standard InChI is InChI=1S/C18H17N3O/c19-17-13-7-4-8-14(13)20-15-9-10-21(18(22)16(15)17)11-12-5-2-1-3-6-12/h1-3,5-6,9-10H,4,7-8,11H2,(H2,19,20)/p+1. The van der Waals surface area contributed by atoms with Crippen molar-refractivity contribution in [3.05, 3.63) is 69.8 Å². The van der Waals surface area contributed by atoms with Crippen molar-refractivity contribution in [1.82, 2.24) is 4.57 Å². The van der Waals surface area contributed by atoms with Gasteiger partial charge in [-0.2, -0.15) is 0 Å². The molecule has 4 nitrogen and oxygen atoms in total. The first kappa shape index (κ1) is 13.1. The molecule has 0 radical (unpaired) electrons. The number of aryl methyl sites for hydroxylation is 1. The van der Waals surface area contributed by atoms with E-state index in [0.29, 0.717) is 17.6 Å². The second-order valence-corrected chi connectivity index (χ2v) is 5.87. The Bertz CT molecular complexity index is 913. The number of aromatic nitrogens is 2. The SMILES string of the molecule is Nc1c2c([nH+]c3ccn(Cc4ccccc4)c(=O)c13)CCC2. The Morgan fingerprint density at radius 1 is 1.14 bits per heavy atom. The van der Waals surface area contributed by atoms with E-state index in [2.05, 4.69) is 4.98 Å². The highest BCUT2D eigenvalue weighted by molar-refractivity contribution is 5.89. The summed E-state index contributed by atoms with van der Waals surface area (Å²) >= 11 is 0. The first-order valence-electron chi connectivity index (χ1n) is 7.63. The van der Waals surface area contributed by atoms with Gasteiger partial charge in [0, 0.05) is 24.2 Å². The summed E-state index contributed by atoms with van der Waals surface area (Å²) in [5.41, 5.74) is 11.2. The summed E-state index contributed by atoms with van der Waals surface area (Å²) in [7, 11) is 0. The Morgan fingerprint density at radius 3 is 2.77 bits per heavy atom. The molecule has 0 bridgehead atoms. The van der Waals surface area contributed by atoms with Crippen molar-refractivity contribution in [3.63, 3.8) is 0 Å². The quantitative estimate of drug-likeness (QED) is 0.784. The number of aromatic amines is 1. The molecule has 2 aromatic heterocycles. The van der Waals surface area contributed by atoms with Crippen molar-refractivity contribution in [1.29, 1.82) is 0 Å². The summed E-state index contributed by atoms with van der Waals surface area (Å²) in [6.45, 7) is 0.562. The predicted molar refractivity (Wildman–Crippen MR) is 86.7 cm³/mol. The number of benzene rings is 1. The van der Waals surface area contributed by atoms with E-state index in [0.717, 1.165) is 35.9 Å². The molecule has 22 heavy (non-hydrogen) atoms. The van der Waals surface area contributed by atoms with Gasteiger partial charge in [0.25, 0.3) is 5.56 Å². The van der Waals surface area contributed by atoms with Crippen molar-refractivity contribution in [2.24, 2.45) is 0 Å². The summed E-state index contributed by atoms with van der Waals surface area (Å²) in [6, 6.07) is 11.9. The minimum atomic E-state index is -0.0233. The van der Waals surface area contributed by atoms with Crippen LogP contribution in [0.3, 0.4) is 0 Å². The van der Waals surface area contributed by atoms with Crippen molar-refractivity contribution in [3.8, 4) is 0 Å². The molecule has 3 aromatic rings. The molecule has 4 rings (SSSR count). The molecule has 4 heteroatoms. The number of fused-ring (bicyclic) bond motifs is 2. The topological polar surface area (TPSA) is 62.2 Å². The Kier molecular flexibility index (Phi) is 2.96. The molecule has 110 valence electrons. The molecule has 3 N–H and O–H groups in total. The maximum Gasteiger partial charge on any atom is 0.267 e. The van der Waals surface area contributed by atoms with Crippen LogP contribution < -0.4 is 16.3 Å². The molecule has 0 unspecified atom stereocenters. The fourth-order valence-corrected chi connectivity index (χ4v) is 3.34. The second kappa shape index (κ2) is 4.98. The number of nitrogens with zero attached hydrogens (tertiary/aromatic N) is 1. The van der Waals surface area contributed by atoms with Gasteiger partial charge < -0.3 is 10.3 Å². The lowest BCUT2D eigenvalue weighted by Gasteiger charge is -2.08. The summed E-state index contributed by atoms with van der Waals surface area (Å²) in [4.78, 5) is 16.2. The van der Waals surface area contributed by atoms with Gasteiger partial charge in [-0.05, 0) is 18.4 Å². The maximum absolute atomic E-state index is 12.8. The van der Waals surface area contributed by atoms with Gasteiger partial charge in [-0.25, -0.2) is 4.98 Å². The Labute approximate surface area is 128 Å². The highest BCUT2D eigenvalue weighted by Gasteiger charge is 2.24. The minimum absolute atomic E-state index is 0.0233. The Balaban J connectivity index is 1.89. The van der Waals surface area contributed by atoms with Crippen LogP contribution in [0, 0.1) is 0 Å². The van der Waals surface area contributed by atoms with Crippen molar-refractivity contribution >= 4 is 16.6 Å². The van der Waals surface area contributed by atoms with Gasteiger partial charge in [0.2, 0.25) is 5.52 Å². The molecule has 0 aliphatic heterocycles. The molecular formula is C18H18N3O+. The monoisotopic (exact) mass is 292 g/mol. The predicted octanol–water partition coefficient (Wildman–Crippen LogP) is 1.93. The number of hydrogen-bond acceptors (Lipinski definition) is 2. The van der Waals surface area contributed by atoms with Crippen LogP contribution in [0.5, 0.6) is 0 Å². The molecule has 1 aliphatic rings. The number of anilines is 1. The Morgan fingerprint density at radius 2 is 1.95 bits per heavy atom. The smallest absolute Gasteiger partial charge is 0.267 e. The van der Waals surface area contributed by atoms with Crippen LogP contribution >= 0.6 is 0 Å². The fraction of sp³-hybridized carbons (Fsp3) is 0.222. The number of pyridine rings is 2. The lowest BCUT2D eigenvalue weighted by atomic mass is 10.1. The van der Waals surface area contributed by atoms with E-state index < -0.39 is 0 Å². The molecule has 0 atom stereocenters. The van der Waals surface area contributed by atoms with Crippen LogP contribution in [0.2, 0.25) is 0 Å². The number of nitrogens with one attached hydrogen (secondary N) is 1. The number of hydrogen-bond donors (Lipinski definition) is 1. The largest absolute Gasteiger partial charge is 0.397 e. The molecule has 0 saturated carbocycles. The van der Waals surface area contributed by atoms with Gasteiger partial charge in [0.1, 0.15) is 5.39 Å². The third-order valence-corrected chi connectivity index (χ3v) is 4.46. The van der Waals surface area contributed by atoms with E-state index >= 15 is 0 Å². The first-order chi connectivity index (χ1) is 10.7. The maximum atomic E-state index is 12.8. The normalized spacial score (nSPS) is 13.5. The van der Waals surface area contributed by atoms with E-state index in [1.807, 2.05) is 42.6 Å². The number of nitrogens with two attached hydrogens (primary N) is 1. The van der Waals surface area contributed by atoms with Gasteiger partial charge in [-0.1, -0.05) is 30.3 Å². The third kappa shape index (κ3) is 1.99. The molecule has 1 aromatic carbocycles. The van der Waals surface area contributed by atoms with Crippen LogP contribution in [0.1, 0.15) is 23.2 Å². The number of rotatable bonds is 2. The number of H-pyrrole nitrogens is 1. The highest BCUT2D eigenvalue weighted by Crippen LogP contribution is 2.27. The summed E-state index contributed by atoms with van der Waals surface area (Å²) in [5.74, 6) is 0. The average molecular weight is 292 g/mol. The molecule has 0 saturated heterocycles. The zero-order chi connectivity index (χ0) is 15.1. The average Bonchev–Trinajstić information content (AvgIpc) is 3.00. The van der Waals surface area contributed by atoms with Crippen molar-refractivity contribution < 1.29 is 4.98 Å².